The highest BCUT2D eigenvalue weighted by Crippen LogP contribution is 2.35. The van der Waals surface area contributed by atoms with Gasteiger partial charge in [0.2, 0.25) is 6.08 Å². The molecule has 1 aromatic carbocycles. The smallest absolute Gasteiger partial charge is 0.235 e. The largest absolute Gasteiger partial charge is 0.487 e. The van der Waals surface area contributed by atoms with Gasteiger partial charge < -0.3 is 4.74 Å². The minimum absolute atomic E-state index is 0.131. The van der Waals surface area contributed by atoms with E-state index >= 15 is 0 Å². The van der Waals surface area contributed by atoms with Crippen molar-refractivity contribution >= 4 is 6.08 Å². The Hall–Kier alpha value is -1.60. The summed E-state index contributed by atoms with van der Waals surface area (Å²) in [4.78, 5) is 13.8. The molecule has 0 saturated carbocycles. The van der Waals surface area contributed by atoms with E-state index in [0.29, 0.717) is 6.54 Å². The number of fused-ring (bicyclic) bond motifs is 1. The molecule has 0 saturated heterocycles. The molecule has 0 aromatic heterocycles. The van der Waals surface area contributed by atoms with Crippen LogP contribution in [0.25, 0.3) is 0 Å². The molecule has 1 aliphatic heterocycles. The van der Waals surface area contributed by atoms with Crippen molar-refractivity contribution in [2.75, 3.05) is 0 Å². The highest BCUT2D eigenvalue weighted by Gasteiger charge is 2.27. The lowest BCUT2D eigenvalue weighted by molar-refractivity contribution is 0.0833. The van der Waals surface area contributed by atoms with E-state index in [1.165, 1.54) is 5.56 Å². The Morgan fingerprint density at radius 1 is 1.50 bits per heavy atom. The first-order valence-electron chi connectivity index (χ1n) is 5.46. The van der Waals surface area contributed by atoms with Crippen molar-refractivity contribution in [3.63, 3.8) is 0 Å². The zero-order valence-electron chi connectivity index (χ0n) is 9.62. The Bertz CT molecular complexity index is 445. The van der Waals surface area contributed by atoms with Crippen LogP contribution >= 0.6 is 0 Å². The molecule has 0 radical (unpaired) electrons. The van der Waals surface area contributed by atoms with Gasteiger partial charge >= 0.3 is 0 Å². The number of isocyanates is 1. The summed E-state index contributed by atoms with van der Waals surface area (Å²) in [6.07, 6.45) is 3.59. The lowest BCUT2D eigenvalue weighted by Gasteiger charge is -2.33. The van der Waals surface area contributed by atoms with Crippen molar-refractivity contribution in [3.05, 3.63) is 29.3 Å². The Kier molecular flexibility index (Phi) is 2.80. The second-order valence-corrected chi connectivity index (χ2v) is 4.67. The summed E-state index contributed by atoms with van der Waals surface area (Å²) in [6.45, 7) is 4.51. The first-order chi connectivity index (χ1) is 7.62. The molecule has 0 fully saturated rings. The maximum atomic E-state index is 10.1. The van der Waals surface area contributed by atoms with Crippen molar-refractivity contribution in [1.82, 2.24) is 0 Å². The maximum Gasteiger partial charge on any atom is 0.235 e. The summed E-state index contributed by atoms with van der Waals surface area (Å²) in [5.41, 5.74) is 2.04. The minimum atomic E-state index is -0.131. The fraction of sp³-hybridized carbons (Fsp3) is 0.462. The number of benzene rings is 1. The van der Waals surface area contributed by atoms with Crippen molar-refractivity contribution in [2.24, 2.45) is 4.99 Å². The van der Waals surface area contributed by atoms with Gasteiger partial charge in [-0.15, -0.1) is 0 Å². The van der Waals surface area contributed by atoms with Crippen LogP contribution in [0.4, 0.5) is 0 Å². The zero-order chi connectivity index (χ0) is 11.6. The van der Waals surface area contributed by atoms with Gasteiger partial charge in [0.25, 0.3) is 0 Å². The van der Waals surface area contributed by atoms with Crippen LogP contribution < -0.4 is 4.74 Å². The summed E-state index contributed by atoms with van der Waals surface area (Å²) in [7, 11) is 0. The van der Waals surface area contributed by atoms with Crippen LogP contribution in [0, 0.1) is 0 Å². The molecule has 3 nitrogen and oxygen atoms in total. The van der Waals surface area contributed by atoms with Crippen molar-refractivity contribution in [2.45, 2.75) is 38.8 Å². The molecule has 0 unspecified atom stereocenters. The zero-order valence-corrected chi connectivity index (χ0v) is 9.62. The molecule has 16 heavy (non-hydrogen) atoms. The van der Waals surface area contributed by atoms with Gasteiger partial charge in [-0.25, -0.2) is 9.79 Å². The van der Waals surface area contributed by atoms with Crippen LogP contribution in [-0.2, 0) is 17.8 Å². The van der Waals surface area contributed by atoms with E-state index in [-0.39, 0.29) is 5.60 Å². The Morgan fingerprint density at radius 2 is 2.31 bits per heavy atom. The number of para-hydroxylation sites is 1. The molecular weight excluding hydrogens is 202 g/mol. The number of ether oxygens (including phenoxy) is 1. The average molecular weight is 217 g/mol. The predicted octanol–water partition coefficient (Wildman–Crippen LogP) is 2.63. The number of nitrogens with zero attached hydrogens (tertiary/aromatic N) is 1. The molecule has 2 rings (SSSR count). The number of hydrogen-bond acceptors (Lipinski definition) is 3. The van der Waals surface area contributed by atoms with Crippen LogP contribution in [0.2, 0.25) is 0 Å². The molecule has 0 atom stereocenters. The molecule has 84 valence electrons. The third-order valence-corrected chi connectivity index (χ3v) is 2.87. The van der Waals surface area contributed by atoms with E-state index in [4.69, 9.17) is 4.74 Å². The Labute approximate surface area is 95.2 Å². The van der Waals surface area contributed by atoms with E-state index in [1.54, 1.807) is 6.08 Å². The molecule has 1 aliphatic rings. The highest BCUT2D eigenvalue weighted by atomic mass is 16.5. The summed E-state index contributed by atoms with van der Waals surface area (Å²) < 4.78 is 5.96. The van der Waals surface area contributed by atoms with Gasteiger partial charge in [0.15, 0.2) is 0 Å². The quantitative estimate of drug-likeness (QED) is 0.564. The average Bonchev–Trinajstić information content (AvgIpc) is 2.25. The van der Waals surface area contributed by atoms with Crippen LogP contribution in [0.5, 0.6) is 5.75 Å². The SMILES string of the molecule is CC1(C)CCc2cccc(CN=C=O)c2O1. The first kappa shape index (κ1) is 10.9. The number of hydrogen-bond donors (Lipinski definition) is 0. The van der Waals surface area contributed by atoms with Gasteiger partial charge in [-0.05, 0) is 32.3 Å². The third kappa shape index (κ3) is 2.15. The molecular formula is C13H15NO2. The summed E-state index contributed by atoms with van der Waals surface area (Å²) >= 11 is 0. The van der Waals surface area contributed by atoms with Crippen molar-refractivity contribution in [3.8, 4) is 5.75 Å². The molecule has 0 amide bonds. The maximum absolute atomic E-state index is 10.1. The van der Waals surface area contributed by atoms with Crippen LogP contribution in [0.1, 0.15) is 31.4 Å². The third-order valence-electron chi connectivity index (χ3n) is 2.87. The van der Waals surface area contributed by atoms with E-state index in [0.717, 1.165) is 24.2 Å². The molecule has 0 N–H and O–H groups in total. The van der Waals surface area contributed by atoms with Crippen LogP contribution in [-0.4, -0.2) is 11.7 Å². The molecule has 1 heterocycles. The predicted molar refractivity (Wildman–Crippen MR) is 61.3 cm³/mol. The normalized spacial score (nSPS) is 16.9. The first-order valence-corrected chi connectivity index (χ1v) is 5.46. The molecule has 3 heteroatoms. The fourth-order valence-corrected chi connectivity index (χ4v) is 1.97. The topological polar surface area (TPSA) is 38.7 Å². The van der Waals surface area contributed by atoms with Crippen LogP contribution in [0.15, 0.2) is 23.2 Å². The van der Waals surface area contributed by atoms with E-state index in [2.05, 4.69) is 24.9 Å². The van der Waals surface area contributed by atoms with Gasteiger partial charge in [-0.1, -0.05) is 18.2 Å². The summed E-state index contributed by atoms with van der Waals surface area (Å²) in [5.74, 6) is 0.901. The minimum Gasteiger partial charge on any atom is -0.487 e. The van der Waals surface area contributed by atoms with Crippen molar-refractivity contribution in [1.29, 1.82) is 0 Å². The molecule has 0 bridgehead atoms. The number of aryl methyl sites for hydroxylation is 1. The van der Waals surface area contributed by atoms with Gasteiger partial charge in [0.1, 0.15) is 11.4 Å². The highest BCUT2D eigenvalue weighted by molar-refractivity contribution is 5.44. The van der Waals surface area contributed by atoms with E-state index in [9.17, 15) is 4.79 Å². The lowest BCUT2D eigenvalue weighted by atomic mass is 9.93. The Morgan fingerprint density at radius 3 is 3.06 bits per heavy atom. The lowest BCUT2D eigenvalue weighted by Crippen LogP contribution is -2.33. The van der Waals surface area contributed by atoms with E-state index < -0.39 is 0 Å². The van der Waals surface area contributed by atoms with Gasteiger partial charge in [0.05, 0.1) is 6.54 Å². The summed E-state index contributed by atoms with van der Waals surface area (Å²) in [5, 5.41) is 0. The molecule has 1 aromatic rings. The second-order valence-electron chi connectivity index (χ2n) is 4.67. The second kappa shape index (κ2) is 4.11. The number of aliphatic imine (C=N–C) groups is 1. The Balaban J connectivity index is 2.37. The molecule has 0 aliphatic carbocycles. The summed E-state index contributed by atoms with van der Waals surface area (Å²) in [6, 6.07) is 6.00. The molecule has 0 spiro atoms. The fourth-order valence-electron chi connectivity index (χ4n) is 1.97. The van der Waals surface area contributed by atoms with Gasteiger partial charge in [-0.2, -0.15) is 0 Å². The van der Waals surface area contributed by atoms with Gasteiger partial charge in [0, 0.05) is 5.56 Å². The van der Waals surface area contributed by atoms with Crippen LogP contribution in [0.3, 0.4) is 0 Å². The standard InChI is InChI=1S/C13H15NO2/c1-13(2)7-6-10-4-3-5-11(8-14-9-15)12(10)16-13/h3-5H,6-8H2,1-2H3. The number of rotatable bonds is 2. The number of carbonyl (C=O) groups excluding carboxylic acids is 1. The van der Waals surface area contributed by atoms with E-state index in [1.807, 2.05) is 12.1 Å². The van der Waals surface area contributed by atoms with Crippen molar-refractivity contribution < 1.29 is 9.53 Å². The monoisotopic (exact) mass is 217 g/mol. The van der Waals surface area contributed by atoms with Gasteiger partial charge in [-0.3, -0.25) is 0 Å².